The Labute approximate surface area is 86.5 Å². The molecule has 14 heavy (non-hydrogen) atoms. The van der Waals surface area contributed by atoms with E-state index >= 15 is 0 Å². The van der Waals surface area contributed by atoms with E-state index < -0.39 is 10.0 Å². The maximum Gasteiger partial charge on any atom is 0.216 e. The largest absolute Gasteiger partial charge is 0.330 e. The van der Waals surface area contributed by atoms with E-state index in [0.29, 0.717) is 25.6 Å². The van der Waals surface area contributed by atoms with E-state index in [2.05, 4.69) is 0 Å². The first kappa shape index (κ1) is 11.9. The summed E-state index contributed by atoms with van der Waals surface area (Å²) in [5, 5.41) is -0.308. The summed E-state index contributed by atoms with van der Waals surface area (Å²) >= 11 is 0. The van der Waals surface area contributed by atoms with Crippen molar-refractivity contribution < 1.29 is 8.42 Å². The van der Waals surface area contributed by atoms with Gasteiger partial charge in [0.25, 0.3) is 0 Å². The van der Waals surface area contributed by atoms with Crippen LogP contribution in [0.25, 0.3) is 0 Å². The van der Waals surface area contributed by atoms with Crippen LogP contribution in [0.15, 0.2) is 0 Å². The van der Waals surface area contributed by atoms with Crippen LogP contribution in [0.5, 0.6) is 0 Å². The molecule has 0 spiro atoms. The standard InChI is InChI=1S/C9H20N2O2S/c1-8(2)14(12,13)11-5-3-9(7-10)4-6-11/h8-9H,3-7,10H2,1-2H3. The van der Waals surface area contributed by atoms with Gasteiger partial charge in [-0.15, -0.1) is 0 Å². The van der Waals surface area contributed by atoms with Crippen molar-refractivity contribution in [3.8, 4) is 0 Å². The molecule has 1 heterocycles. The van der Waals surface area contributed by atoms with Crippen molar-refractivity contribution in [1.82, 2.24) is 4.31 Å². The SMILES string of the molecule is CC(C)S(=O)(=O)N1CCC(CN)CC1. The number of piperidine rings is 1. The Morgan fingerprint density at radius 1 is 1.36 bits per heavy atom. The van der Waals surface area contributed by atoms with Gasteiger partial charge in [-0.25, -0.2) is 12.7 Å². The fourth-order valence-electron chi connectivity index (χ4n) is 1.70. The first-order valence-corrected chi connectivity index (χ1v) is 6.67. The number of rotatable bonds is 3. The van der Waals surface area contributed by atoms with Gasteiger partial charge >= 0.3 is 0 Å². The third-order valence-corrected chi connectivity index (χ3v) is 5.14. The number of nitrogens with two attached hydrogens (primary N) is 1. The molecule has 0 atom stereocenters. The molecule has 5 heteroatoms. The molecular formula is C9H20N2O2S. The van der Waals surface area contributed by atoms with Gasteiger partial charge in [0.2, 0.25) is 10.0 Å². The van der Waals surface area contributed by atoms with Crippen molar-refractivity contribution >= 4 is 10.0 Å². The van der Waals surface area contributed by atoms with Crippen molar-refractivity contribution in [3.63, 3.8) is 0 Å². The highest BCUT2D eigenvalue weighted by atomic mass is 32.2. The van der Waals surface area contributed by atoms with Crippen LogP contribution in [0.3, 0.4) is 0 Å². The zero-order valence-corrected chi connectivity index (χ0v) is 9.76. The summed E-state index contributed by atoms with van der Waals surface area (Å²) in [6.45, 7) is 5.41. The molecule has 0 aliphatic carbocycles. The van der Waals surface area contributed by atoms with E-state index in [9.17, 15) is 8.42 Å². The summed E-state index contributed by atoms with van der Waals surface area (Å²) in [6.07, 6.45) is 1.81. The normalized spacial score (nSPS) is 21.7. The van der Waals surface area contributed by atoms with Gasteiger partial charge in [0, 0.05) is 13.1 Å². The third-order valence-electron chi connectivity index (χ3n) is 2.86. The van der Waals surface area contributed by atoms with Crippen LogP contribution in [-0.4, -0.2) is 37.6 Å². The van der Waals surface area contributed by atoms with Gasteiger partial charge < -0.3 is 5.73 Å². The van der Waals surface area contributed by atoms with E-state index in [-0.39, 0.29) is 5.25 Å². The van der Waals surface area contributed by atoms with Gasteiger partial charge in [0.1, 0.15) is 0 Å². The Morgan fingerprint density at radius 3 is 2.21 bits per heavy atom. The van der Waals surface area contributed by atoms with Crippen LogP contribution < -0.4 is 5.73 Å². The van der Waals surface area contributed by atoms with E-state index in [1.807, 2.05) is 0 Å². The first-order chi connectivity index (χ1) is 6.48. The van der Waals surface area contributed by atoms with Crippen LogP contribution in [0.1, 0.15) is 26.7 Å². The van der Waals surface area contributed by atoms with E-state index in [4.69, 9.17) is 5.73 Å². The van der Waals surface area contributed by atoms with E-state index in [1.54, 1.807) is 18.2 Å². The second-order valence-electron chi connectivity index (χ2n) is 4.17. The van der Waals surface area contributed by atoms with Crippen molar-refractivity contribution in [2.45, 2.75) is 31.9 Å². The summed E-state index contributed by atoms with van der Waals surface area (Å²) < 4.78 is 25.2. The van der Waals surface area contributed by atoms with Crippen molar-refractivity contribution in [1.29, 1.82) is 0 Å². The molecule has 1 rings (SSSR count). The van der Waals surface area contributed by atoms with Gasteiger partial charge in [0.05, 0.1) is 5.25 Å². The van der Waals surface area contributed by atoms with Crippen LogP contribution in [0.4, 0.5) is 0 Å². The van der Waals surface area contributed by atoms with Crippen LogP contribution >= 0.6 is 0 Å². The van der Waals surface area contributed by atoms with Crippen LogP contribution in [-0.2, 0) is 10.0 Å². The topological polar surface area (TPSA) is 63.4 Å². The lowest BCUT2D eigenvalue weighted by atomic mass is 9.99. The maximum atomic E-state index is 11.8. The minimum atomic E-state index is -3.04. The molecule has 1 aliphatic rings. The average Bonchev–Trinajstić information content (AvgIpc) is 2.17. The molecule has 0 aromatic rings. The molecule has 0 aromatic carbocycles. The molecule has 1 aliphatic heterocycles. The third kappa shape index (κ3) is 2.46. The maximum absolute atomic E-state index is 11.8. The lowest BCUT2D eigenvalue weighted by Crippen LogP contribution is -2.43. The van der Waals surface area contributed by atoms with Gasteiger partial charge in [-0.05, 0) is 39.2 Å². The summed E-state index contributed by atoms with van der Waals surface area (Å²) in [7, 11) is -3.04. The van der Waals surface area contributed by atoms with Crippen molar-refractivity contribution in [2.75, 3.05) is 19.6 Å². The zero-order valence-electron chi connectivity index (χ0n) is 8.94. The van der Waals surface area contributed by atoms with Gasteiger partial charge in [-0.3, -0.25) is 0 Å². The minimum absolute atomic E-state index is 0.308. The van der Waals surface area contributed by atoms with Crippen LogP contribution in [0.2, 0.25) is 0 Å². The van der Waals surface area contributed by atoms with Gasteiger partial charge in [0.15, 0.2) is 0 Å². The predicted octanol–water partition coefficient (Wildman–Crippen LogP) is 0.395. The van der Waals surface area contributed by atoms with E-state index in [1.165, 1.54) is 0 Å². The molecule has 0 unspecified atom stereocenters. The molecule has 2 N–H and O–H groups in total. The number of nitrogens with zero attached hydrogens (tertiary/aromatic N) is 1. The highest BCUT2D eigenvalue weighted by Gasteiger charge is 2.29. The monoisotopic (exact) mass is 220 g/mol. The molecule has 0 aromatic heterocycles. The highest BCUT2D eigenvalue weighted by Crippen LogP contribution is 2.20. The molecule has 1 saturated heterocycles. The smallest absolute Gasteiger partial charge is 0.216 e. The molecule has 0 saturated carbocycles. The number of hydrogen-bond donors (Lipinski definition) is 1. The molecule has 4 nitrogen and oxygen atoms in total. The van der Waals surface area contributed by atoms with Crippen molar-refractivity contribution in [2.24, 2.45) is 11.7 Å². The highest BCUT2D eigenvalue weighted by molar-refractivity contribution is 7.89. The predicted molar refractivity (Wildman–Crippen MR) is 57.4 cm³/mol. The Balaban J connectivity index is 2.58. The number of sulfonamides is 1. The summed E-state index contributed by atoms with van der Waals surface area (Å²) in [6, 6.07) is 0. The molecule has 0 radical (unpaired) electrons. The Bertz CT molecular complexity index is 267. The van der Waals surface area contributed by atoms with Gasteiger partial charge in [-0.1, -0.05) is 0 Å². The quantitative estimate of drug-likeness (QED) is 0.748. The molecule has 1 fully saturated rings. The summed E-state index contributed by atoms with van der Waals surface area (Å²) in [4.78, 5) is 0. The minimum Gasteiger partial charge on any atom is -0.330 e. The van der Waals surface area contributed by atoms with Gasteiger partial charge in [-0.2, -0.15) is 0 Å². The van der Waals surface area contributed by atoms with Crippen LogP contribution in [0, 0.1) is 5.92 Å². The van der Waals surface area contributed by atoms with Crippen molar-refractivity contribution in [3.05, 3.63) is 0 Å². The Morgan fingerprint density at radius 2 is 1.86 bits per heavy atom. The number of hydrogen-bond acceptors (Lipinski definition) is 3. The van der Waals surface area contributed by atoms with E-state index in [0.717, 1.165) is 12.8 Å². The summed E-state index contributed by atoms with van der Waals surface area (Å²) in [5.74, 6) is 0.508. The Hall–Kier alpha value is -0.130. The lowest BCUT2D eigenvalue weighted by molar-refractivity contribution is 0.277. The second-order valence-corrected chi connectivity index (χ2v) is 6.66. The second kappa shape index (κ2) is 4.59. The Kier molecular flexibility index (Phi) is 3.92. The fourth-order valence-corrected chi connectivity index (χ4v) is 3.01. The first-order valence-electron chi connectivity index (χ1n) is 5.17. The molecule has 0 bridgehead atoms. The fraction of sp³-hybridized carbons (Fsp3) is 1.00. The summed E-state index contributed by atoms with van der Waals surface area (Å²) in [5.41, 5.74) is 5.55. The molecular weight excluding hydrogens is 200 g/mol. The average molecular weight is 220 g/mol. The lowest BCUT2D eigenvalue weighted by Gasteiger charge is -2.31. The molecule has 84 valence electrons. The zero-order chi connectivity index (χ0) is 10.8. The molecule has 0 amide bonds.